The van der Waals surface area contributed by atoms with E-state index in [4.69, 9.17) is 9.26 Å². The van der Waals surface area contributed by atoms with E-state index >= 15 is 0 Å². The number of nitrogens with zero attached hydrogens (tertiary/aromatic N) is 2. The molecule has 4 heteroatoms. The maximum atomic E-state index is 5.34. The van der Waals surface area contributed by atoms with Crippen LogP contribution in [0.2, 0.25) is 0 Å². The largest absolute Gasteiger partial charge is 0.497 e. The highest BCUT2D eigenvalue weighted by Crippen LogP contribution is 2.36. The van der Waals surface area contributed by atoms with Crippen molar-refractivity contribution in [3.05, 3.63) is 46.8 Å². The van der Waals surface area contributed by atoms with Crippen LogP contribution in [0.5, 0.6) is 5.75 Å². The first-order valence-corrected chi connectivity index (χ1v) is 7.49. The molecule has 0 spiro atoms. The normalized spacial score (nSPS) is 19.1. The summed E-state index contributed by atoms with van der Waals surface area (Å²) in [7, 11) is 1.70. The lowest BCUT2D eigenvalue weighted by molar-refractivity contribution is 0.245. The molecule has 1 fully saturated rings. The summed E-state index contributed by atoms with van der Waals surface area (Å²) in [5.41, 5.74) is 3.62. The molecule has 0 radical (unpaired) electrons. The Morgan fingerprint density at radius 3 is 2.67 bits per heavy atom. The molecular weight excluding hydrogens is 264 g/mol. The van der Waals surface area contributed by atoms with Gasteiger partial charge in [0.05, 0.1) is 12.8 Å². The van der Waals surface area contributed by atoms with Crippen molar-refractivity contribution in [3.63, 3.8) is 0 Å². The minimum atomic E-state index is 0.429. The lowest BCUT2D eigenvalue weighted by Crippen LogP contribution is -2.23. The third kappa shape index (κ3) is 2.81. The molecule has 1 aromatic carbocycles. The van der Waals surface area contributed by atoms with Gasteiger partial charge < -0.3 is 9.26 Å². The van der Waals surface area contributed by atoms with E-state index in [9.17, 15) is 0 Å². The zero-order chi connectivity index (χ0) is 14.8. The van der Waals surface area contributed by atoms with E-state index in [-0.39, 0.29) is 0 Å². The van der Waals surface area contributed by atoms with Crippen LogP contribution in [0.25, 0.3) is 0 Å². The van der Waals surface area contributed by atoms with Crippen LogP contribution in [0.3, 0.4) is 0 Å². The van der Waals surface area contributed by atoms with Crippen LogP contribution in [0, 0.1) is 13.8 Å². The smallest absolute Gasteiger partial charge is 0.138 e. The van der Waals surface area contributed by atoms with Gasteiger partial charge in [-0.15, -0.1) is 0 Å². The Balaban J connectivity index is 1.78. The third-order valence-corrected chi connectivity index (χ3v) is 4.33. The molecule has 0 saturated carbocycles. The van der Waals surface area contributed by atoms with E-state index in [0.29, 0.717) is 6.04 Å². The maximum Gasteiger partial charge on any atom is 0.138 e. The topological polar surface area (TPSA) is 38.5 Å². The van der Waals surface area contributed by atoms with Crippen molar-refractivity contribution in [1.82, 2.24) is 10.1 Å². The standard InChI is InChI=1S/C17H22N2O2/c1-12-17(13(2)21-18-12)16-5-4-10-19(16)11-14-6-8-15(20-3)9-7-14/h6-9,16H,4-5,10-11H2,1-3H3/t16-/m1/s1. The molecule has 1 aromatic heterocycles. The second kappa shape index (κ2) is 5.90. The van der Waals surface area contributed by atoms with Crippen LogP contribution >= 0.6 is 0 Å². The van der Waals surface area contributed by atoms with Gasteiger partial charge in [0, 0.05) is 18.2 Å². The van der Waals surface area contributed by atoms with Crippen LogP contribution in [-0.4, -0.2) is 23.7 Å². The quantitative estimate of drug-likeness (QED) is 0.860. The monoisotopic (exact) mass is 286 g/mol. The van der Waals surface area contributed by atoms with Crippen molar-refractivity contribution >= 4 is 0 Å². The molecule has 4 nitrogen and oxygen atoms in total. The molecule has 0 aliphatic carbocycles. The average molecular weight is 286 g/mol. The van der Waals surface area contributed by atoms with Crippen LogP contribution in [0.15, 0.2) is 28.8 Å². The van der Waals surface area contributed by atoms with Gasteiger partial charge >= 0.3 is 0 Å². The molecule has 1 saturated heterocycles. The first kappa shape index (κ1) is 14.1. The average Bonchev–Trinajstić information content (AvgIpc) is 3.06. The van der Waals surface area contributed by atoms with E-state index in [2.05, 4.69) is 22.2 Å². The van der Waals surface area contributed by atoms with Crippen LogP contribution in [0.1, 0.15) is 41.5 Å². The molecule has 1 aliphatic heterocycles. The fourth-order valence-corrected chi connectivity index (χ4v) is 3.27. The summed E-state index contributed by atoms with van der Waals surface area (Å²) in [6.07, 6.45) is 2.41. The van der Waals surface area contributed by atoms with Gasteiger partial charge in [-0.3, -0.25) is 4.90 Å². The number of methoxy groups -OCH3 is 1. The van der Waals surface area contributed by atoms with Crippen molar-refractivity contribution in [2.45, 2.75) is 39.3 Å². The Morgan fingerprint density at radius 1 is 1.29 bits per heavy atom. The highest BCUT2D eigenvalue weighted by Gasteiger charge is 2.30. The van der Waals surface area contributed by atoms with Gasteiger partial charge in [0.25, 0.3) is 0 Å². The number of aryl methyl sites for hydroxylation is 2. The summed E-state index contributed by atoms with van der Waals surface area (Å²) in [5, 5.41) is 4.11. The van der Waals surface area contributed by atoms with Gasteiger partial charge in [0.1, 0.15) is 11.5 Å². The highest BCUT2D eigenvalue weighted by atomic mass is 16.5. The van der Waals surface area contributed by atoms with Crippen molar-refractivity contribution in [3.8, 4) is 5.75 Å². The van der Waals surface area contributed by atoms with Gasteiger partial charge in [-0.1, -0.05) is 17.3 Å². The third-order valence-electron chi connectivity index (χ3n) is 4.33. The number of hydrogen-bond acceptors (Lipinski definition) is 4. The fourth-order valence-electron chi connectivity index (χ4n) is 3.27. The summed E-state index contributed by atoms with van der Waals surface area (Å²) in [4.78, 5) is 2.52. The predicted molar refractivity (Wildman–Crippen MR) is 81.4 cm³/mol. The number of benzene rings is 1. The lowest BCUT2D eigenvalue weighted by Gasteiger charge is -2.24. The molecule has 21 heavy (non-hydrogen) atoms. The molecule has 1 aliphatic rings. The zero-order valence-electron chi connectivity index (χ0n) is 12.9. The van der Waals surface area contributed by atoms with Crippen LogP contribution in [0.4, 0.5) is 0 Å². The fraction of sp³-hybridized carbons (Fsp3) is 0.471. The van der Waals surface area contributed by atoms with E-state index in [1.165, 1.54) is 24.0 Å². The van der Waals surface area contributed by atoms with E-state index in [1.54, 1.807) is 7.11 Å². The summed E-state index contributed by atoms with van der Waals surface area (Å²) < 4.78 is 10.6. The Hall–Kier alpha value is -1.81. The number of aromatic nitrogens is 1. The molecule has 0 N–H and O–H groups in total. The molecular formula is C17H22N2O2. The first-order chi connectivity index (χ1) is 10.2. The maximum absolute atomic E-state index is 5.34. The number of rotatable bonds is 4. The molecule has 3 rings (SSSR count). The Bertz CT molecular complexity index is 584. The molecule has 0 bridgehead atoms. The highest BCUT2D eigenvalue weighted by molar-refractivity contribution is 5.29. The second-order valence-corrected chi connectivity index (χ2v) is 5.71. The van der Waals surface area contributed by atoms with Crippen molar-refractivity contribution in [1.29, 1.82) is 0 Å². The van der Waals surface area contributed by atoms with Crippen LogP contribution in [-0.2, 0) is 6.54 Å². The minimum Gasteiger partial charge on any atom is -0.497 e. The summed E-state index contributed by atoms with van der Waals surface area (Å²) in [6.45, 7) is 6.13. The summed E-state index contributed by atoms with van der Waals surface area (Å²) in [6, 6.07) is 8.76. The van der Waals surface area contributed by atoms with Gasteiger partial charge in [0.2, 0.25) is 0 Å². The molecule has 1 atom stereocenters. The van der Waals surface area contributed by atoms with Crippen molar-refractivity contribution < 1.29 is 9.26 Å². The predicted octanol–water partition coefficient (Wildman–Crippen LogP) is 3.64. The molecule has 0 amide bonds. The van der Waals surface area contributed by atoms with Crippen LogP contribution < -0.4 is 4.74 Å². The molecule has 2 aromatic rings. The minimum absolute atomic E-state index is 0.429. The second-order valence-electron chi connectivity index (χ2n) is 5.71. The van der Waals surface area contributed by atoms with Crippen molar-refractivity contribution in [2.24, 2.45) is 0 Å². The Kier molecular flexibility index (Phi) is 3.97. The SMILES string of the molecule is COc1ccc(CN2CCC[C@@H]2c2c(C)noc2C)cc1. The zero-order valence-corrected chi connectivity index (χ0v) is 12.9. The van der Waals surface area contributed by atoms with E-state index in [1.807, 2.05) is 26.0 Å². The Morgan fingerprint density at radius 2 is 2.05 bits per heavy atom. The molecule has 112 valence electrons. The van der Waals surface area contributed by atoms with E-state index < -0.39 is 0 Å². The van der Waals surface area contributed by atoms with Crippen molar-refractivity contribution in [2.75, 3.05) is 13.7 Å². The van der Waals surface area contributed by atoms with E-state index in [0.717, 1.165) is 30.3 Å². The van der Waals surface area contributed by atoms with Gasteiger partial charge in [0.15, 0.2) is 0 Å². The van der Waals surface area contributed by atoms with Gasteiger partial charge in [-0.25, -0.2) is 0 Å². The first-order valence-electron chi connectivity index (χ1n) is 7.49. The number of likely N-dealkylation sites (tertiary alicyclic amines) is 1. The molecule has 2 heterocycles. The number of hydrogen-bond donors (Lipinski definition) is 0. The van der Waals surface area contributed by atoms with Gasteiger partial charge in [-0.05, 0) is 50.9 Å². The molecule has 0 unspecified atom stereocenters. The Labute approximate surface area is 125 Å². The van der Waals surface area contributed by atoms with Gasteiger partial charge in [-0.2, -0.15) is 0 Å². The number of ether oxygens (including phenoxy) is 1. The summed E-state index contributed by atoms with van der Waals surface area (Å²) >= 11 is 0. The summed E-state index contributed by atoms with van der Waals surface area (Å²) in [5.74, 6) is 1.86. The lowest BCUT2D eigenvalue weighted by atomic mass is 10.0.